The van der Waals surface area contributed by atoms with Crippen LogP contribution in [0.3, 0.4) is 0 Å². The fourth-order valence-electron chi connectivity index (χ4n) is 2.14. The zero-order chi connectivity index (χ0) is 13.8. The number of halogens is 2. The third-order valence-electron chi connectivity index (χ3n) is 3.24. The first-order valence-corrected chi connectivity index (χ1v) is 7.51. The van der Waals surface area contributed by atoms with Gasteiger partial charge in [0, 0.05) is 21.6 Å². The summed E-state index contributed by atoms with van der Waals surface area (Å²) in [6, 6.07) is 16.8. The molecule has 2 aromatic rings. The fraction of sp³-hybridized carbons (Fsp3) is 0.250. The van der Waals surface area contributed by atoms with E-state index in [1.165, 1.54) is 5.56 Å². The van der Waals surface area contributed by atoms with Crippen LogP contribution in [0.4, 0.5) is 0 Å². The van der Waals surface area contributed by atoms with Crippen molar-refractivity contribution in [2.75, 3.05) is 0 Å². The van der Waals surface area contributed by atoms with E-state index in [2.05, 4.69) is 65.4 Å². The summed E-state index contributed by atoms with van der Waals surface area (Å²) in [6.45, 7) is 4.30. The molecule has 0 radical (unpaired) electrons. The molecule has 19 heavy (non-hydrogen) atoms. The molecule has 0 spiro atoms. The Labute approximate surface area is 128 Å². The summed E-state index contributed by atoms with van der Waals surface area (Å²) in [5, 5.41) is 4.38. The number of nitrogens with one attached hydrogen (secondary N) is 1. The van der Waals surface area contributed by atoms with E-state index < -0.39 is 0 Å². The number of rotatable bonds is 4. The van der Waals surface area contributed by atoms with Crippen LogP contribution in [0, 0.1) is 0 Å². The van der Waals surface area contributed by atoms with Crippen LogP contribution in [0.2, 0.25) is 5.02 Å². The molecule has 0 amide bonds. The Morgan fingerprint density at radius 3 is 2.21 bits per heavy atom. The van der Waals surface area contributed by atoms with E-state index in [0.29, 0.717) is 0 Å². The highest BCUT2D eigenvalue weighted by atomic mass is 79.9. The average molecular weight is 339 g/mol. The second-order valence-corrected chi connectivity index (χ2v) is 6.01. The molecule has 2 aromatic carbocycles. The molecule has 2 atom stereocenters. The molecule has 100 valence electrons. The summed E-state index contributed by atoms with van der Waals surface area (Å²) in [7, 11) is 0. The van der Waals surface area contributed by atoms with Crippen LogP contribution < -0.4 is 5.32 Å². The minimum Gasteiger partial charge on any atom is -0.304 e. The fourth-order valence-corrected chi connectivity index (χ4v) is 2.70. The molecule has 0 aliphatic rings. The highest BCUT2D eigenvalue weighted by Gasteiger charge is 2.13. The van der Waals surface area contributed by atoms with Crippen LogP contribution in [0.25, 0.3) is 0 Å². The predicted octanol–water partition coefficient (Wildman–Crippen LogP) is 5.51. The van der Waals surface area contributed by atoms with Crippen LogP contribution in [0.15, 0.2) is 53.0 Å². The minimum absolute atomic E-state index is 0.215. The normalized spacial score (nSPS) is 14.1. The van der Waals surface area contributed by atoms with Gasteiger partial charge in [0.1, 0.15) is 0 Å². The van der Waals surface area contributed by atoms with Gasteiger partial charge in [-0.1, -0.05) is 57.9 Å². The summed E-state index contributed by atoms with van der Waals surface area (Å²) in [6.07, 6.45) is 0. The lowest BCUT2D eigenvalue weighted by molar-refractivity contribution is 0.495. The van der Waals surface area contributed by atoms with Crippen LogP contribution in [-0.4, -0.2) is 0 Å². The predicted molar refractivity (Wildman–Crippen MR) is 85.6 cm³/mol. The summed E-state index contributed by atoms with van der Waals surface area (Å²) >= 11 is 9.68. The average Bonchev–Trinajstić information content (AvgIpc) is 2.39. The van der Waals surface area contributed by atoms with Crippen molar-refractivity contribution in [2.45, 2.75) is 25.9 Å². The van der Waals surface area contributed by atoms with Gasteiger partial charge < -0.3 is 5.32 Å². The van der Waals surface area contributed by atoms with Gasteiger partial charge in [0.2, 0.25) is 0 Å². The van der Waals surface area contributed by atoms with Gasteiger partial charge in [-0.2, -0.15) is 0 Å². The molecule has 0 saturated carbocycles. The summed E-state index contributed by atoms with van der Waals surface area (Å²) < 4.78 is 1.10. The first-order chi connectivity index (χ1) is 9.08. The Bertz CT molecular complexity index is 539. The van der Waals surface area contributed by atoms with Crippen molar-refractivity contribution in [1.29, 1.82) is 0 Å². The van der Waals surface area contributed by atoms with Gasteiger partial charge >= 0.3 is 0 Å². The zero-order valence-electron chi connectivity index (χ0n) is 11.0. The van der Waals surface area contributed by atoms with Crippen molar-refractivity contribution in [3.8, 4) is 0 Å². The molecule has 0 aromatic heterocycles. The SMILES string of the molecule is CC(N[C@@H](C)c1ccccc1Cl)c1ccc(Br)cc1. The maximum absolute atomic E-state index is 6.22. The third kappa shape index (κ3) is 3.82. The first-order valence-electron chi connectivity index (χ1n) is 6.34. The smallest absolute Gasteiger partial charge is 0.0453 e. The van der Waals surface area contributed by atoms with Gasteiger partial charge in [0.25, 0.3) is 0 Å². The Kier molecular flexibility index (Phi) is 5.03. The lowest BCUT2D eigenvalue weighted by Crippen LogP contribution is -2.22. The second kappa shape index (κ2) is 6.56. The van der Waals surface area contributed by atoms with Crippen molar-refractivity contribution >= 4 is 27.5 Å². The Balaban J connectivity index is 2.08. The van der Waals surface area contributed by atoms with Crippen LogP contribution in [0.1, 0.15) is 37.1 Å². The number of hydrogen-bond acceptors (Lipinski definition) is 1. The summed E-state index contributed by atoms with van der Waals surface area (Å²) in [5.74, 6) is 0. The van der Waals surface area contributed by atoms with E-state index in [9.17, 15) is 0 Å². The van der Waals surface area contributed by atoms with Gasteiger partial charge in [0.05, 0.1) is 0 Å². The number of benzene rings is 2. The Hall–Kier alpha value is -0.830. The van der Waals surface area contributed by atoms with Gasteiger partial charge in [-0.3, -0.25) is 0 Å². The van der Waals surface area contributed by atoms with Crippen molar-refractivity contribution in [2.24, 2.45) is 0 Å². The molecule has 0 aliphatic carbocycles. The molecular formula is C16H17BrClN. The first kappa shape index (κ1) is 14.6. The van der Waals surface area contributed by atoms with Crippen molar-refractivity contribution in [1.82, 2.24) is 5.32 Å². The van der Waals surface area contributed by atoms with Gasteiger partial charge in [0.15, 0.2) is 0 Å². The Morgan fingerprint density at radius 1 is 0.947 bits per heavy atom. The van der Waals surface area contributed by atoms with E-state index in [1.807, 2.05) is 18.2 Å². The maximum atomic E-state index is 6.22. The van der Waals surface area contributed by atoms with Crippen LogP contribution in [-0.2, 0) is 0 Å². The lowest BCUT2D eigenvalue weighted by atomic mass is 10.0. The molecule has 0 fully saturated rings. The van der Waals surface area contributed by atoms with Gasteiger partial charge in [-0.25, -0.2) is 0 Å². The van der Waals surface area contributed by atoms with E-state index >= 15 is 0 Å². The lowest BCUT2D eigenvalue weighted by Gasteiger charge is -2.21. The number of hydrogen-bond donors (Lipinski definition) is 1. The molecule has 1 N–H and O–H groups in total. The van der Waals surface area contributed by atoms with E-state index in [4.69, 9.17) is 11.6 Å². The molecule has 0 heterocycles. The highest BCUT2D eigenvalue weighted by Crippen LogP contribution is 2.25. The van der Waals surface area contributed by atoms with E-state index in [1.54, 1.807) is 0 Å². The summed E-state index contributed by atoms with van der Waals surface area (Å²) in [5.41, 5.74) is 2.40. The molecule has 0 aliphatic heterocycles. The Morgan fingerprint density at radius 2 is 1.58 bits per heavy atom. The van der Waals surface area contributed by atoms with Gasteiger partial charge in [-0.05, 0) is 43.2 Å². The zero-order valence-corrected chi connectivity index (χ0v) is 13.4. The van der Waals surface area contributed by atoms with Crippen molar-refractivity contribution < 1.29 is 0 Å². The topological polar surface area (TPSA) is 12.0 Å². The van der Waals surface area contributed by atoms with E-state index in [0.717, 1.165) is 15.1 Å². The molecular weight excluding hydrogens is 322 g/mol. The molecule has 1 nitrogen and oxygen atoms in total. The molecule has 2 rings (SSSR count). The quantitative estimate of drug-likeness (QED) is 0.774. The molecule has 0 saturated heterocycles. The van der Waals surface area contributed by atoms with Gasteiger partial charge in [-0.15, -0.1) is 0 Å². The molecule has 0 bridgehead atoms. The van der Waals surface area contributed by atoms with Crippen LogP contribution >= 0.6 is 27.5 Å². The van der Waals surface area contributed by atoms with E-state index in [-0.39, 0.29) is 12.1 Å². The van der Waals surface area contributed by atoms with Crippen molar-refractivity contribution in [3.05, 3.63) is 69.2 Å². The third-order valence-corrected chi connectivity index (χ3v) is 4.11. The van der Waals surface area contributed by atoms with Crippen LogP contribution in [0.5, 0.6) is 0 Å². The minimum atomic E-state index is 0.215. The molecule has 1 unspecified atom stereocenters. The monoisotopic (exact) mass is 337 g/mol. The summed E-state index contributed by atoms with van der Waals surface area (Å²) in [4.78, 5) is 0. The molecule has 3 heteroatoms. The second-order valence-electron chi connectivity index (χ2n) is 4.68. The largest absolute Gasteiger partial charge is 0.304 e. The highest BCUT2D eigenvalue weighted by molar-refractivity contribution is 9.10. The standard InChI is InChI=1S/C16H17BrClN/c1-11(13-7-9-14(17)10-8-13)19-12(2)15-5-3-4-6-16(15)18/h3-12,19H,1-2H3/t11?,12-/m0/s1. The maximum Gasteiger partial charge on any atom is 0.0453 e. The van der Waals surface area contributed by atoms with Crippen molar-refractivity contribution in [3.63, 3.8) is 0 Å².